The van der Waals surface area contributed by atoms with Crippen molar-refractivity contribution in [2.75, 3.05) is 12.4 Å². The molecule has 0 spiro atoms. The quantitative estimate of drug-likeness (QED) is 0.300. The highest BCUT2D eigenvalue weighted by molar-refractivity contribution is 8.70. The number of rotatable bonds is 10. The second-order valence-corrected chi connectivity index (χ2v) is 14.1. The lowest BCUT2D eigenvalue weighted by Crippen LogP contribution is -2.15. The van der Waals surface area contributed by atoms with Gasteiger partial charge in [0.05, 0.1) is 6.61 Å². The maximum atomic E-state index is 12.3. The van der Waals surface area contributed by atoms with Gasteiger partial charge in [0.15, 0.2) is 0 Å². The smallest absolute Gasteiger partial charge is 0.322 e. The van der Waals surface area contributed by atoms with E-state index in [1.165, 1.54) is 0 Å². The summed E-state index contributed by atoms with van der Waals surface area (Å²) in [6.07, 6.45) is 2.70. The van der Waals surface area contributed by atoms with Crippen LogP contribution < -0.4 is 0 Å². The minimum Gasteiger partial charge on any atom is -0.508 e. The van der Waals surface area contributed by atoms with Crippen LogP contribution in [0.25, 0.3) is 0 Å². The summed E-state index contributed by atoms with van der Waals surface area (Å²) in [4.78, 5) is 0. The van der Waals surface area contributed by atoms with Gasteiger partial charge in [-0.1, -0.05) is 53.7 Å². The van der Waals surface area contributed by atoms with Crippen LogP contribution in [0.4, 0.5) is 0 Å². The Labute approximate surface area is 203 Å². The van der Waals surface area contributed by atoms with Crippen molar-refractivity contribution < 1.29 is 22.8 Å². The fourth-order valence-corrected chi connectivity index (χ4v) is 6.07. The zero-order chi connectivity index (χ0) is 24.9. The molecule has 2 aromatic rings. The van der Waals surface area contributed by atoms with Crippen molar-refractivity contribution in [3.8, 4) is 11.5 Å². The van der Waals surface area contributed by atoms with Gasteiger partial charge in [0.25, 0.3) is 0 Å². The van der Waals surface area contributed by atoms with Crippen LogP contribution in [-0.4, -0.2) is 31.0 Å². The van der Waals surface area contributed by atoms with Crippen molar-refractivity contribution in [2.45, 2.75) is 78.1 Å². The lowest BCUT2D eigenvalue weighted by molar-refractivity contribution is 0.322. The van der Waals surface area contributed by atoms with Gasteiger partial charge in [-0.05, 0) is 93.8 Å². The lowest BCUT2D eigenvalue weighted by Gasteiger charge is -2.23. The predicted molar refractivity (Wildman–Crippen MR) is 138 cm³/mol. The number of hydrogen-bond acceptors (Lipinski definition) is 6. The first kappa shape index (κ1) is 27.5. The molecule has 0 unspecified atom stereocenters. The van der Waals surface area contributed by atoms with E-state index in [4.69, 9.17) is 4.18 Å². The molecule has 0 saturated carbocycles. The van der Waals surface area contributed by atoms with Crippen molar-refractivity contribution in [3.63, 3.8) is 0 Å². The summed E-state index contributed by atoms with van der Waals surface area (Å²) in [5, 5.41) is 19.6. The summed E-state index contributed by atoms with van der Waals surface area (Å²) < 4.78 is 29.7. The van der Waals surface area contributed by atoms with Crippen molar-refractivity contribution in [1.29, 1.82) is 0 Å². The van der Waals surface area contributed by atoms with E-state index < -0.39 is 9.15 Å². The van der Waals surface area contributed by atoms with Crippen LogP contribution >= 0.6 is 10.8 Å². The summed E-state index contributed by atoms with van der Waals surface area (Å²) in [5.74, 6) is 0.927. The summed E-state index contributed by atoms with van der Waals surface area (Å²) in [6, 6.07) is 10.7. The van der Waals surface area contributed by atoms with Gasteiger partial charge >= 0.3 is 9.15 Å². The average molecular weight is 495 g/mol. The highest BCUT2D eigenvalue weighted by atomic mass is 33.1. The number of aryl methyl sites for hydroxylation is 2. The van der Waals surface area contributed by atoms with Crippen molar-refractivity contribution in [2.24, 2.45) is 0 Å². The maximum Gasteiger partial charge on any atom is 0.322 e. The molecule has 0 heterocycles. The molecule has 0 amide bonds. The van der Waals surface area contributed by atoms with Crippen LogP contribution in [-0.2, 0) is 37.0 Å². The molecule has 2 rings (SSSR count). The fourth-order valence-electron chi connectivity index (χ4n) is 3.84. The molecule has 33 heavy (non-hydrogen) atoms. The Hall–Kier alpha value is -1.70. The minimum atomic E-state index is -3.64. The van der Waals surface area contributed by atoms with E-state index in [9.17, 15) is 18.6 Å². The second kappa shape index (κ2) is 11.2. The van der Waals surface area contributed by atoms with Gasteiger partial charge in [-0.2, -0.15) is 8.42 Å². The molecule has 0 aliphatic rings. The summed E-state index contributed by atoms with van der Waals surface area (Å²) in [7, 11) is -2.81. The Bertz CT molecular complexity index is 954. The molecule has 0 aliphatic carbocycles. The van der Waals surface area contributed by atoms with Crippen molar-refractivity contribution in [3.05, 3.63) is 58.7 Å². The molecule has 2 aromatic carbocycles. The minimum absolute atomic E-state index is 0.0965. The van der Waals surface area contributed by atoms with Gasteiger partial charge in [0.2, 0.25) is 0 Å². The van der Waals surface area contributed by atoms with Crippen molar-refractivity contribution in [1.82, 2.24) is 0 Å². The number of phenols is 2. The van der Waals surface area contributed by atoms with Crippen LogP contribution in [0, 0.1) is 0 Å². The molecule has 0 fully saturated rings. The third-order valence-electron chi connectivity index (χ3n) is 5.44. The summed E-state index contributed by atoms with van der Waals surface area (Å²) in [6.45, 7) is 12.7. The monoisotopic (exact) mass is 494 g/mol. The highest BCUT2D eigenvalue weighted by Gasteiger charge is 2.20. The number of aromatic hydroxyl groups is 2. The van der Waals surface area contributed by atoms with Crippen LogP contribution in [0.1, 0.15) is 76.6 Å². The zero-order valence-corrected chi connectivity index (χ0v) is 22.3. The Morgan fingerprint density at radius 3 is 1.70 bits per heavy atom. The van der Waals surface area contributed by atoms with Gasteiger partial charge in [-0.3, -0.25) is 4.18 Å². The molecule has 0 bridgehead atoms. The normalized spacial score (nSPS) is 12.8. The van der Waals surface area contributed by atoms with Gasteiger partial charge in [-0.25, -0.2) is 0 Å². The Kier molecular flexibility index (Phi) is 9.31. The molecule has 5 nitrogen and oxygen atoms in total. The van der Waals surface area contributed by atoms with Crippen LogP contribution in [0.3, 0.4) is 0 Å². The average Bonchev–Trinajstić information content (AvgIpc) is 2.69. The molecule has 0 saturated heterocycles. The van der Waals surface area contributed by atoms with Gasteiger partial charge < -0.3 is 10.2 Å². The van der Waals surface area contributed by atoms with Crippen LogP contribution in [0.15, 0.2) is 36.4 Å². The molecule has 184 valence electrons. The molecule has 0 aliphatic heterocycles. The lowest BCUT2D eigenvalue weighted by atomic mass is 9.82. The number of phenolic OH excluding ortho intramolecular Hbond substituents is 2. The fraction of sp³-hybridized carbons (Fsp3) is 0.538. The molecule has 0 radical (unpaired) electrons. The third kappa shape index (κ3) is 8.87. The first-order valence-corrected chi connectivity index (χ1v) is 14.3. The predicted octanol–water partition coefficient (Wildman–Crippen LogP) is 6.25. The Morgan fingerprint density at radius 2 is 1.24 bits per heavy atom. The molecular formula is C26H38O5S2. The second-order valence-electron chi connectivity index (χ2n) is 10.4. The molecule has 2 N–H and O–H groups in total. The van der Waals surface area contributed by atoms with Crippen LogP contribution in [0.2, 0.25) is 0 Å². The standard InChI is InChI=1S/C26H38O5S2/c1-25(2,3)23-17-21(27)13-11-19(23)9-7-15-31-33(29,30)32-16-8-10-20-12-14-22(28)18-24(20)26(4,5)6/h11-14,17-18,27-28H,7-10,15-16H2,1-6H3. The zero-order valence-electron chi connectivity index (χ0n) is 20.6. The topological polar surface area (TPSA) is 83.8 Å². The molecule has 7 heteroatoms. The van der Waals surface area contributed by atoms with E-state index in [0.29, 0.717) is 25.0 Å². The van der Waals surface area contributed by atoms with E-state index in [0.717, 1.165) is 39.5 Å². The first-order chi connectivity index (χ1) is 15.2. The van der Waals surface area contributed by atoms with E-state index >= 15 is 0 Å². The first-order valence-electron chi connectivity index (χ1n) is 11.4. The van der Waals surface area contributed by atoms with Crippen molar-refractivity contribution >= 4 is 19.9 Å². The molecule has 0 atom stereocenters. The van der Waals surface area contributed by atoms with Gasteiger partial charge in [0.1, 0.15) is 11.5 Å². The summed E-state index contributed by atoms with van der Waals surface area (Å²) in [5.41, 5.74) is 4.15. The van der Waals surface area contributed by atoms with E-state index in [-0.39, 0.29) is 28.9 Å². The maximum absolute atomic E-state index is 12.3. The van der Waals surface area contributed by atoms with Crippen LogP contribution in [0.5, 0.6) is 11.5 Å². The number of hydrogen-bond donors (Lipinski definition) is 2. The van der Waals surface area contributed by atoms with E-state index in [1.807, 2.05) is 12.1 Å². The van der Waals surface area contributed by atoms with Gasteiger partial charge in [-0.15, -0.1) is 0 Å². The van der Waals surface area contributed by atoms with Gasteiger partial charge in [0, 0.05) is 5.75 Å². The molecular weight excluding hydrogens is 456 g/mol. The Balaban J connectivity index is 1.81. The number of benzene rings is 2. The largest absolute Gasteiger partial charge is 0.508 e. The van der Waals surface area contributed by atoms with E-state index in [1.54, 1.807) is 24.3 Å². The molecule has 0 aromatic heterocycles. The summed E-state index contributed by atoms with van der Waals surface area (Å²) >= 11 is 0. The SMILES string of the molecule is CC(C)(C)c1cc(O)ccc1CCCOS(=O)(=O)SCCCc1ccc(O)cc1C(C)(C)C. The Morgan fingerprint density at radius 1 is 0.788 bits per heavy atom. The third-order valence-corrected chi connectivity index (χ3v) is 8.29. The highest BCUT2D eigenvalue weighted by Crippen LogP contribution is 2.31. The van der Waals surface area contributed by atoms with E-state index in [2.05, 4.69) is 41.5 Å².